The zero-order valence-corrected chi connectivity index (χ0v) is 17.5. The van der Waals surface area contributed by atoms with E-state index in [2.05, 4.69) is 10.3 Å². The highest BCUT2D eigenvalue weighted by atomic mass is 35.5. The highest BCUT2D eigenvalue weighted by molar-refractivity contribution is 6.29. The van der Waals surface area contributed by atoms with Crippen molar-refractivity contribution in [2.24, 2.45) is 0 Å². The average molecular weight is 403 g/mol. The van der Waals surface area contributed by atoms with Crippen LogP contribution in [0.15, 0.2) is 42.6 Å². The number of halogens is 1. The van der Waals surface area contributed by atoms with Gasteiger partial charge in [-0.3, -0.25) is 14.5 Å². The first-order valence-corrected chi connectivity index (χ1v) is 9.63. The quantitative estimate of drug-likeness (QED) is 0.688. The van der Waals surface area contributed by atoms with Gasteiger partial charge in [-0.1, -0.05) is 42.8 Å². The molecule has 2 rings (SSSR count). The van der Waals surface area contributed by atoms with Crippen molar-refractivity contribution >= 4 is 29.1 Å². The highest BCUT2D eigenvalue weighted by Crippen LogP contribution is 2.15. The number of para-hydroxylation sites is 1. The molecule has 0 fully saturated rings. The second kappa shape index (κ2) is 10.2. The van der Waals surface area contributed by atoms with Crippen LogP contribution in [0.1, 0.15) is 25.0 Å². The van der Waals surface area contributed by atoms with Crippen molar-refractivity contribution in [1.82, 2.24) is 14.8 Å². The Bertz CT molecular complexity index is 810. The number of benzene rings is 1. The first kappa shape index (κ1) is 21.9. The van der Waals surface area contributed by atoms with Crippen LogP contribution in [-0.2, 0) is 22.6 Å². The van der Waals surface area contributed by atoms with Crippen molar-refractivity contribution in [3.63, 3.8) is 0 Å². The monoisotopic (exact) mass is 402 g/mol. The Morgan fingerprint density at radius 3 is 2.54 bits per heavy atom. The molecule has 0 aliphatic rings. The molecule has 1 aromatic heterocycles. The van der Waals surface area contributed by atoms with Gasteiger partial charge in [-0.05, 0) is 43.7 Å². The lowest BCUT2D eigenvalue weighted by atomic mass is 10.1. The van der Waals surface area contributed by atoms with E-state index in [0.717, 1.165) is 23.2 Å². The predicted octanol–water partition coefficient (Wildman–Crippen LogP) is 3.21. The molecule has 1 aromatic carbocycles. The number of anilines is 1. The van der Waals surface area contributed by atoms with Crippen LogP contribution in [0.4, 0.5) is 5.69 Å². The minimum absolute atomic E-state index is 0.00242. The van der Waals surface area contributed by atoms with E-state index in [0.29, 0.717) is 11.7 Å². The van der Waals surface area contributed by atoms with Crippen LogP contribution in [0.5, 0.6) is 0 Å². The third-order valence-corrected chi connectivity index (χ3v) is 4.89. The molecule has 0 saturated heterocycles. The number of nitrogens with zero attached hydrogens (tertiary/aromatic N) is 3. The Labute approximate surface area is 171 Å². The first-order chi connectivity index (χ1) is 13.3. The maximum atomic E-state index is 12.7. The molecule has 1 N–H and O–H groups in total. The molecule has 28 heavy (non-hydrogen) atoms. The molecule has 0 unspecified atom stereocenters. The summed E-state index contributed by atoms with van der Waals surface area (Å²) in [5.41, 5.74) is 2.81. The number of aryl methyl sites for hydroxylation is 1. The lowest BCUT2D eigenvalue weighted by Crippen LogP contribution is -2.46. The summed E-state index contributed by atoms with van der Waals surface area (Å²) in [6.07, 6.45) is 2.52. The third kappa shape index (κ3) is 6.04. The summed E-state index contributed by atoms with van der Waals surface area (Å²) in [6.45, 7) is 4.42. The van der Waals surface area contributed by atoms with Gasteiger partial charge >= 0.3 is 0 Å². The molecule has 0 saturated carbocycles. The van der Waals surface area contributed by atoms with Crippen LogP contribution in [0, 0.1) is 0 Å². The number of pyridine rings is 1. The van der Waals surface area contributed by atoms with Crippen molar-refractivity contribution in [3.05, 3.63) is 58.9 Å². The summed E-state index contributed by atoms with van der Waals surface area (Å²) in [5.74, 6) is -0.336. The fourth-order valence-corrected chi connectivity index (χ4v) is 2.98. The number of carbonyl (C=O) groups excluding carboxylic acids is 2. The lowest BCUT2D eigenvalue weighted by molar-refractivity contribution is -0.137. The van der Waals surface area contributed by atoms with Crippen molar-refractivity contribution in [2.75, 3.05) is 26.0 Å². The molecule has 2 amide bonds. The van der Waals surface area contributed by atoms with Gasteiger partial charge in [-0.2, -0.15) is 0 Å². The molecule has 6 nitrogen and oxygen atoms in total. The molecule has 0 bridgehead atoms. The molecule has 0 aliphatic heterocycles. The van der Waals surface area contributed by atoms with Gasteiger partial charge in [0.15, 0.2) is 0 Å². The van der Waals surface area contributed by atoms with Crippen LogP contribution < -0.4 is 5.32 Å². The van der Waals surface area contributed by atoms with E-state index in [1.165, 1.54) is 4.90 Å². The molecule has 2 aromatic rings. The second-order valence-corrected chi connectivity index (χ2v) is 7.22. The highest BCUT2D eigenvalue weighted by Gasteiger charge is 2.23. The summed E-state index contributed by atoms with van der Waals surface area (Å²) in [5, 5.41) is 3.33. The summed E-state index contributed by atoms with van der Waals surface area (Å²) >= 11 is 5.80. The van der Waals surface area contributed by atoms with E-state index in [9.17, 15) is 9.59 Å². The fourth-order valence-electron chi connectivity index (χ4n) is 2.87. The maximum Gasteiger partial charge on any atom is 0.243 e. The van der Waals surface area contributed by atoms with Crippen molar-refractivity contribution < 1.29 is 9.59 Å². The summed E-state index contributed by atoms with van der Waals surface area (Å²) < 4.78 is 0. The molecular formula is C21H27ClN4O2. The Kier molecular flexibility index (Phi) is 7.96. The first-order valence-electron chi connectivity index (χ1n) is 9.25. The van der Waals surface area contributed by atoms with Crippen LogP contribution in [0.25, 0.3) is 0 Å². The molecule has 1 heterocycles. The Hall–Kier alpha value is -2.44. The van der Waals surface area contributed by atoms with Gasteiger partial charge in [0.2, 0.25) is 11.8 Å². The number of hydrogen-bond acceptors (Lipinski definition) is 4. The van der Waals surface area contributed by atoms with Crippen LogP contribution >= 0.6 is 11.6 Å². The number of likely N-dealkylation sites (N-methyl/N-ethyl adjacent to an activating group) is 2. The van der Waals surface area contributed by atoms with Gasteiger partial charge in [-0.25, -0.2) is 4.98 Å². The Morgan fingerprint density at radius 1 is 1.18 bits per heavy atom. The van der Waals surface area contributed by atoms with E-state index < -0.39 is 0 Å². The normalized spacial score (nSPS) is 11.9. The average Bonchev–Trinajstić information content (AvgIpc) is 2.68. The minimum Gasteiger partial charge on any atom is -0.335 e. The van der Waals surface area contributed by atoms with Gasteiger partial charge in [0, 0.05) is 25.5 Å². The van der Waals surface area contributed by atoms with Crippen molar-refractivity contribution in [1.29, 1.82) is 0 Å². The largest absolute Gasteiger partial charge is 0.335 e. The number of aromatic nitrogens is 1. The van der Waals surface area contributed by atoms with Crippen LogP contribution in [0.2, 0.25) is 5.15 Å². The summed E-state index contributed by atoms with van der Waals surface area (Å²) in [4.78, 5) is 32.5. The number of nitrogens with one attached hydrogen (secondary N) is 1. The van der Waals surface area contributed by atoms with Gasteiger partial charge in [0.05, 0.1) is 12.6 Å². The molecule has 0 aliphatic carbocycles. The molecule has 150 valence electrons. The van der Waals surface area contributed by atoms with Gasteiger partial charge in [0.25, 0.3) is 0 Å². The molecule has 1 atom stereocenters. The molecule has 0 spiro atoms. The minimum atomic E-state index is -0.378. The fraction of sp³-hybridized carbons (Fsp3) is 0.381. The number of carbonyl (C=O) groups is 2. The van der Waals surface area contributed by atoms with Crippen molar-refractivity contribution in [2.45, 2.75) is 32.9 Å². The van der Waals surface area contributed by atoms with Crippen molar-refractivity contribution in [3.8, 4) is 0 Å². The maximum absolute atomic E-state index is 12.7. The summed E-state index contributed by atoms with van der Waals surface area (Å²) in [6, 6.07) is 10.9. The molecular weight excluding hydrogens is 376 g/mol. The zero-order valence-electron chi connectivity index (χ0n) is 16.8. The smallest absolute Gasteiger partial charge is 0.243 e. The van der Waals surface area contributed by atoms with E-state index in [-0.39, 0.29) is 24.4 Å². The van der Waals surface area contributed by atoms with Crippen LogP contribution in [-0.4, -0.2) is 53.3 Å². The van der Waals surface area contributed by atoms with E-state index in [1.54, 1.807) is 19.3 Å². The SMILES string of the molecule is CCc1ccccc1NC(=O)CN(C)C(=O)[C@H](C)N(C)Cc1ccc(Cl)nc1. The Morgan fingerprint density at radius 2 is 1.89 bits per heavy atom. The Balaban J connectivity index is 1.91. The predicted molar refractivity (Wildman–Crippen MR) is 112 cm³/mol. The van der Waals surface area contributed by atoms with Gasteiger partial charge in [0.1, 0.15) is 5.15 Å². The number of rotatable bonds is 8. The topological polar surface area (TPSA) is 65.5 Å². The molecule has 7 heteroatoms. The second-order valence-electron chi connectivity index (χ2n) is 6.83. The summed E-state index contributed by atoms with van der Waals surface area (Å²) in [7, 11) is 3.50. The van der Waals surface area contributed by atoms with Gasteiger partial charge in [-0.15, -0.1) is 0 Å². The van der Waals surface area contributed by atoms with E-state index in [4.69, 9.17) is 11.6 Å². The third-order valence-electron chi connectivity index (χ3n) is 4.67. The van der Waals surface area contributed by atoms with Gasteiger partial charge < -0.3 is 10.2 Å². The van der Waals surface area contributed by atoms with E-state index >= 15 is 0 Å². The van der Waals surface area contributed by atoms with E-state index in [1.807, 2.05) is 56.1 Å². The molecule has 0 radical (unpaired) electrons. The standard InChI is InChI=1S/C21H27ClN4O2/c1-5-17-8-6-7-9-18(17)24-20(27)14-26(4)21(28)15(2)25(3)13-16-10-11-19(22)23-12-16/h6-12,15H,5,13-14H2,1-4H3,(H,24,27)/t15-/m0/s1. The number of hydrogen-bond donors (Lipinski definition) is 1. The number of amides is 2. The van der Waals surface area contributed by atoms with Crippen LogP contribution in [0.3, 0.4) is 0 Å². The lowest BCUT2D eigenvalue weighted by Gasteiger charge is -2.28. The zero-order chi connectivity index (χ0) is 20.7.